The first kappa shape index (κ1) is 10.5. The molecular weight excluding hydrogens is 171 g/mol. The van der Waals surface area contributed by atoms with E-state index in [1.807, 2.05) is 0 Å². The third-order valence-electron chi connectivity index (χ3n) is 3.26. The second-order valence-corrected chi connectivity index (χ2v) is 4.21. The van der Waals surface area contributed by atoms with E-state index < -0.39 is 18.1 Å². The molecule has 1 aliphatic carbocycles. The molecule has 0 spiro atoms. The molecule has 0 heterocycles. The molecule has 1 rings (SSSR count). The van der Waals surface area contributed by atoms with Crippen molar-refractivity contribution in [2.75, 3.05) is 6.67 Å². The molecule has 76 valence electrons. The highest BCUT2D eigenvalue weighted by Crippen LogP contribution is 2.41. The molecule has 1 N–H and O–H groups in total. The van der Waals surface area contributed by atoms with Crippen molar-refractivity contribution in [1.82, 2.24) is 0 Å². The molecular formula is C10H17FO2. The van der Waals surface area contributed by atoms with Crippen molar-refractivity contribution in [2.24, 2.45) is 11.3 Å². The predicted molar refractivity (Wildman–Crippen MR) is 48.3 cm³/mol. The maximum Gasteiger partial charge on any atom is 0.309 e. The first-order valence-electron chi connectivity index (χ1n) is 4.90. The summed E-state index contributed by atoms with van der Waals surface area (Å²) in [6, 6.07) is 0. The van der Waals surface area contributed by atoms with Crippen LogP contribution < -0.4 is 0 Å². The smallest absolute Gasteiger partial charge is 0.309 e. The summed E-state index contributed by atoms with van der Waals surface area (Å²) in [7, 11) is 0. The monoisotopic (exact) mass is 188 g/mol. The van der Waals surface area contributed by atoms with Gasteiger partial charge < -0.3 is 5.11 Å². The Balaban J connectivity index is 2.63. The Kier molecular flexibility index (Phi) is 3.28. The number of halogens is 1. The molecule has 0 aromatic carbocycles. The van der Waals surface area contributed by atoms with E-state index in [2.05, 4.69) is 6.92 Å². The highest BCUT2D eigenvalue weighted by atomic mass is 19.1. The van der Waals surface area contributed by atoms with Crippen molar-refractivity contribution >= 4 is 5.97 Å². The van der Waals surface area contributed by atoms with Gasteiger partial charge in [0.15, 0.2) is 0 Å². The first-order valence-corrected chi connectivity index (χ1v) is 4.90. The van der Waals surface area contributed by atoms with Crippen molar-refractivity contribution in [1.29, 1.82) is 0 Å². The second-order valence-electron chi connectivity index (χ2n) is 4.21. The predicted octanol–water partition coefficient (Wildman–Crippen LogP) is 2.63. The zero-order chi connectivity index (χ0) is 9.90. The van der Waals surface area contributed by atoms with Crippen molar-refractivity contribution in [3.05, 3.63) is 0 Å². The second kappa shape index (κ2) is 4.07. The van der Waals surface area contributed by atoms with Crippen molar-refractivity contribution in [3.8, 4) is 0 Å². The van der Waals surface area contributed by atoms with Crippen LogP contribution in [0.4, 0.5) is 4.39 Å². The van der Waals surface area contributed by atoms with E-state index in [1.54, 1.807) is 0 Å². The highest BCUT2D eigenvalue weighted by molar-refractivity contribution is 5.74. The van der Waals surface area contributed by atoms with Gasteiger partial charge in [-0.05, 0) is 38.0 Å². The van der Waals surface area contributed by atoms with Crippen LogP contribution in [0.5, 0.6) is 0 Å². The summed E-state index contributed by atoms with van der Waals surface area (Å²) in [5, 5.41) is 9.04. The van der Waals surface area contributed by atoms with E-state index in [0.29, 0.717) is 18.8 Å². The standard InChI is InChI=1S/C10H17FO2/c1-8-2-4-10(5-3-8,6-7-11)9(12)13/h8H,2-7H2,1H3,(H,12,13). The topological polar surface area (TPSA) is 37.3 Å². The van der Waals surface area contributed by atoms with Gasteiger partial charge in [0.2, 0.25) is 0 Å². The van der Waals surface area contributed by atoms with Crippen molar-refractivity contribution in [2.45, 2.75) is 39.0 Å². The van der Waals surface area contributed by atoms with E-state index in [1.165, 1.54) is 0 Å². The maximum atomic E-state index is 12.2. The number of hydrogen-bond acceptors (Lipinski definition) is 1. The molecule has 1 aliphatic rings. The van der Waals surface area contributed by atoms with E-state index in [9.17, 15) is 9.18 Å². The summed E-state index contributed by atoms with van der Waals surface area (Å²) in [5.41, 5.74) is -0.749. The van der Waals surface area contributed by atoms with Crippen LogP contribution in [0.3, 0.4) is 0 Å². The van der Waals surface area contributed by atoms with Crippen molar-refractivity contribution < 1.29 is 14.3 Å². The van der Waals surface area contributed by atoms with Crippen LogP contribution in [0, 0.1) is 11.3 Å². The Morgan fingerprint density at radius 3 is 2.46 bits per heavy atom. The Hall–Kier alpha value is -0.600. The molecule has 0 saturated heterocycles. The molecule has 0 bridgehead atoms. The lowest BCUT2D eigenvalue weighted by Crippen LogP contribution is -2.35. The Labute approximate surface area is 78.1 Å². The van der Waals surface area contributed by atoms with E-state index in [-0.39, 0.29) is 6.42 Å². The third kappa shape index (κ3) is 2.20. The molecule has 0 radical (unpaired) electrons. The third-order valence-corrected chi connectivity index (χ3v) is 3.26. The van der Waals surface area contributed by atoms with E-state index in [4.69, 9.17) is 5.11 Å². The number of alkyl halides is 1. The molecule has 0 aromatic heterocycles. The van der Waals surface area contributed by atoms with Gasteiger partial charge in [-0.1, -0.05) is 6.92 Å². The molecule has 0 aliphatic heterocycles. The Bertz CT molecular complexity index is 183. The number of rotatable bonds is 3. The minimum atomic E-state index is -0.808. The van der Waals surface area contributed by atoms with Crippen LogP contribution >= 0.6 is 0 Å². The summed E-state index contributed by atoms with van der Waals surface area (Å²) in [6.45, 7) is 1.61. The SMILES string of the molecule is CC1CCC(CCF)(C(=O)O)CC1. The molecule has 0 aromatic rings. The lowest BCUT2D eigenvalue weighted by atomic mass is 9.69. The molecule has 0 atom stereocenters. The number of carboxylic acids is 1. The average Bonchev–Trinajstić information content (AvgIpc) is 2.09. The minimum Gasteiger partial charge on any atom is -0.481 e. The van der Waals surface area contributed by atoms with Crippen LogP contribution in [-0.2, 0) is 4.79 Å². The van der Waals surface area contributed by atoms with Crippen molar-refractivity contribution in [3.63, 3.8) is 0 Å². The van der Waals surface area contributed by atoms with Gasteiger partial charge in [0.05, 0.1) is 12.1 Å². The number of hydrogen-bond donors (Lipinski definition) is 1. The summed E-state index contributed by atoms with van der Waals surface area (Å²) in [5.74, 6) is -0.205. The summed E-state index contributed by atoms with van der Waals surface area (Å²) in [6.07, 6.45) is 3.33. The van der Waals surface area contributed by atoms with E-state index in [0.717, 1.165) is 12.8 Å². The molecule has 0 unspecified atom stereocenters. The maximum absolute atomic E-state index is 12.2. The largest absolute Gasteiger partial charge is 0.481 e. The summed E-state index contributed by atoms with van der Waals surface area (Å²) in [4.78, 5) is 11.0. The normalized spacial score (nSPS) is 34.5. The number of carboxylic acid groups (broad SMARTS) is 1. The molecule has 1 saturated carbocycles. The van der Waals surface area contributed by atoms with Gasteiger partial charge in [-0.25, -0.2) is 0 Å². The molecule has 0 amide bonds. The summed E-state index contributed by atoms with van der Waals surface area (Å²) < 4.78 is 12.2. The quantitative estimate of drug-likeness (QED) is 0.739. The number of aliphatic carboxylic acids is 1. The molecule has 1 fully saturated rings. The number of carbonyl (C=O) groups is 1. The van der Waals surface area contributed by atoms with Gasteiger partial charge in [0.25, 0.3) is 0 Å². The lowest BCUT2D eigenvalue weighted by Gasteiger charge is -2.35. The van der Waals surface area contributed by atoms with Gasteiger partial charge in [0, 0.05) is 0 Å². The fourth-order valence-corrected chi connectivity index (χ4v) is 2.07. The van der Waals surface area contributed by atoms with Gasteiger partial charge in [-0.2, -0.15) is 0 Å². The van der Waals surface area contributed by atoms with Gasteiger partial charge in [0.1, 0.15) is 0 Å². The minimum absolute atomic E-state index is 0.190. The molecule has 2 nitrogen and oxygen atoms in total. The van der Waals surface area contributed by atoms with Gasteiger partial charge in [-0.3, -0.25) is 9.18 Å². The van der Waals surface area contributed by atoms with Crippen LogP contribution in [-0.4, -0.2) is 17.8 Å². The Morgan fingerprint density at radius 2 is 2.08 bits per heavy atom. The fourth-order valence-electron chi connectivity index (χ4n) is 2.07. The average molecular weight is 188 g/mol. The first-order chi connectivity index (χ1) is 6.10. The fraction of sp³-hybridized carbons (Fsp3) is 0.900. The molecule has 13 heavy (non-hydrogen) atoms. The Morgan fingerprint density at radius 1 is 1.54 bits per heavy atom. The van der Waals surface area contributed by atoms with Gasteiger partial charge >= 0.3 is 5.97 Å². The van der Waals surface area contributed by atoms with E-state index >= 15 is 0 Å². The lowest BCUT2D eigenvalue weighted by molar-refractivity contribution is -0.152. The molecule has 3 heteroatoms. The van der Waals surface area contributed by atoms with Gasteiger partial charge in [-0.15, -0.1) is 0 Å². The zero-order valence-corrected chi connectivity index (χ0v) is 8.05. The summed E-state index contributed by atoms with van der Waals surface area (Å²) >= 11 is 0. The van der Waals surface area contributed by atoms with Crippen LogP contribution in [0.15, 0.2) is 0 Å². The zero-order valence-electron chi connectivity index (χ0n) is 8.05. The van der Waals surface area contributed by atoms with Crippen LogP contribution in [0.1, 0.15) is 39.0 Å². The van der Waals surface area contributed by atoms with Crippen LogP contribution in [0.2, 0.25) is 0 Å². The highest BCUT2D eigenvalue weighted by Gasteiger charge is 2.40. The van der Waals surface area contributed by atoms with Crippen LogP contribution in [0.25, 0.3) is 0 Å².